The third kappa shape index (κ3) is 2.55. The fourth-order valence-corrected chi connectivity index (χ4v) is 3.83. The second kappa shape index (κ2) is 5.29. The summed E-state index contributed by atoms with van der Waals surface area (Å²) in [5.74, 6) is 0.100. The van der Waals surface area contributed by atoms with Crippen LogP contribution in [0.2, 0.25) is 0 Å². The molecule has 4 rings (SSSR count). The smallest absolute Gasteiger partial charge is 0.264 e. The van der Waals surface area contributed by atoms with Crippen LogP contribution in [0.3, 0.4) is 0 Å². The van der Waals surface area contributed by atoms with Crippen LogP contribution in [-0.4, -0.2) is 22.4 Å². The van der Waals surface area contributed by atoms with Crippen LogP contribution in [0.25, 0.3) is 10.1 Å². The summed E-state index contributed by atoms with van der Waals surface area (Å²) in [5, 5.41) is 1.19. The molecule has 0 atom stereocenters. The number of fused-ring (bicyclic) bond motifs is 1. The van der Waals surface area contributed by atoms with Crippen LogP contribution in [0.5, 0.6) is 0 Å². The van der Waals surface area contributed by atoms with Gasteiger partial charge >= 0.3 is 0 Å². The Hall–Kier alpha value is -2.07. The van der Waals surface area contributed by atoms with E-state index in [9.17, 15) is 4.79 Å². The summed E-state index contributed by atoms with van der Waals surface area (Å²) < 4.78 is 3.51. The Kier molecular flexibility index (Phi) is 3.26. The average molecular weight is 310 g/mol. The summed E-state index contributed by atoms with van der Waals surface area (Å²) in [5.41, 5.74) is 1.15. The molecule has 1 aliphatic rings. The number of rotatable bonds is 4. The first-order valence-corrected chi connectivity index (χ1v) is 8.43. The monoisotopic (exact) mass is 310 g/mol. The van der Waals surface area contributed by atoms with Crippen LogP contribution in [0.4, 0.5) is 0 Å². The molecular formula is C18H18N2OS. The van der Waals surface area contributed by atoms with E-state index in [0.29, 0.717) is 12.6 Å². The molecule has 2 aromatic heterocycles. The zero-order chi connectivity index (χ0) is 15.1. The number of aromatic nitrogens is 1. The Morgan fingerprint density at radius 3 is 2.73 bits per heavy atom. The molecule has 1 aromatic carbocycles. The molecule has 1 aliphatic carbocycles. The first-order chi connectivity index (χ1) is 10.7. The van der Waals surface area contributed by atoms with Gasteiger partial charge in [0.2, 0.25) is 0 Å². The van der Waals surface area contributed by atoms with Gasteiger partial charge in [0, 0.05) is 37.4 Å². The maximum absolute atomic E-state index is 12.6. The van der Waals surface area contributed by atoms with E-state index in [2.05, 4.69) is 17.0 Å². The van der Waals surface area contributed by atoms with Crippen LogP contribution in [0, 0.1) is 0 Å². The minimum absolute atomic E-state index is 0.100. The summed E-state index contributed by atoms with van der Waals surface area (Å²) in [4.78, 5) is 15.2. The number of benzene rings is 1. The summed E-state index contributed by atoms with van der Waals surface area (Å²) in [6.45, 7) is 0.643. The molecule has 3 nitrogen and oxygen atoms in total. The third-order valence-corrected chi connectivity index (χ3v) is 5.21. The Morgan fingerprint density at radius 2 is 2.05 bits per heavy atom. The number of carbonyl (C=O) groups excluding carboxylic acids is 1. The number of nitrogens with zero attached hydrogens (tertiary/aromatic N) is 2. The second-order valence-corrected chi connectivity index (χ2v) is 7.10. The van der Waals surface area contributed by atoms with Crippen molar-refractivity contribution in [3.8, 4) is 0 Å². The van der Waals surface area contributed by atoms with E-state index >= 15 is 0 Å². The van der Waals surface area contributed by atoms with Crippen molar-refractivity contribution in [3.05, 3.63) is 59.2 Å². The van der Waals surface area contributed by atoms with E-state index in [4.69, 9.17) is 0 Å². The largest absolute Gasteiger partial charge is 0.349 e. The standard InChI is InChI=1S/C18H18N2OS/c1-19(10-13-5-3-2-4-6-13)18(21)16-9-14-11-20(15-7-8-15)12-17(14)22-16/h2-6,9,11-12,15H,7-8,10H2,1H3. The van der Waals surface area contributed by atoms with Crippen molar-refractivity contribution < 1.29 is 4.79 Å². The van der Waals surface area contributed by atoms with Gasteiger partial charge < -0.3 is 9.47 Å². The lowest BCUT2D eigenvalue weighted by atomic mass is 10.2. The normalized spacial score (nSPS) is 14.4. The Bertz CT molecular complexity index is 783. The molecule has 22 heavy (non-hydrogen) atoms. The van der Waals surface area contributed by atoms with E-state index in [1.807, 2.05) is 43.4 Å². The number of carbonyl (C=O) groups is 1. The van der Waals surface area contributed by atoms with Gasteiger partial charge in [0.15, 0.2) is 0 Å². The molecule has 112 valence electrons. The predicted molar refractivity (Wildman–Crippen MR) is 90.3 cm³/mol. The number of hydrogen-bond acceptors (Lipinski definition) is 2. The molecule has 1 saturated carbocycles. The van der Waals surface area contributed by atoms with Crippen LogP contribution in [0.1, 0.15) is 34.1 Å². The van der Waals surface area contributed by atoms with E-state index in [1.165, 1.54) is 22.9 Å². The van der Waals surface area contributed by atoms with Crippen molar-refractivity contribution in [1.82, 2.24) is 9.47 Å². The van der Waals surface area contributed by atoms with Gasteiger partial charge in [-0.1, -0.05) is 30.3 Å². The van der Waals surface area contributed by atoms with Crippen molar-refractivity contribution >= 4 is 27.3 Å². The van der Waals surface area contributed by atoms with Gasteiger partial charge in [0.05, 0.1) is 9.58 Å². The fourth-order valence-electron chi connectivity index (χ4n) is 2.76. The number of amides is 1. The number of hydrogen-bond donors (Lipinski definition) is 0. The lowest BCUT2D eigenvalue weighted by Gasteiger charge is -2.16. The van der Waals surface area contributed by atoms with Crippen LogP contribution < -0.4 is 0 Å². The zero-order valence-electron chi connectivity index (χ0n) is 12.5. The second-order valence-electron chi connectivity index (χ2n) is 6.01. The zero-order valence-corrected chi connectivity index (χ0v) is 13.3. The van der Waals surface area contributed by atoms with Crippen molar-refractivity contribution in [2.75, 3.05) is 7.05 Å². The quantitative estimate of drug-likeness (QED) is 0.705. The first-order valence-electron chi connectivity index (χ1n) is 7.61. The molecule has 0 bridgehead atoms. The molecule has 1 fully saturated rings. The summed E-state index contributed by atoms with van der Waals surface area (Å²) in [6, 6.07) is 12.8. The molecule has 2 heterocycles. The van der Waals surface area contributed by atoms with E-state index in [0.717, 1.165) is 10.4 Å². The maximum atomic E-state index is 12.6. The molecule has 0 radical (unpaired) electrons. The van der Waals surface area contributed by atoms with Crippen molar-refractivity contribution in [3.63, 3.8) is 0 Å². The van der Waals surface area contributed by atoms with Crippen LogP contribution in [-0.2, 0) is 6.54 Å². The average Bonchev–Trinajstić information content (AvgIpc) is 3.18. The third-order valence-electron chi connectivity index (χ3n) is 4.13. The predicted octanol–water partition coefficient (Wildman–Crippen LogP) is 4.31. The highest BCUT2D eigenvalue weighted by Gasteiger charge is 2.24. The fraction of sp³-hybridized carbons (Fsp3) is 0.278. The van der Waals surface area contributed by atoms with Crippen molar-refractivity contribution in [2.24, 2.45) is 0 Å². The molecule has 3 aromatic rings. The summed E-state index contributed by atoms with van der Waals surface area (Å²) in [6.07, 6.45) is 6.93. The Morgan fingerprint density at radius 1 is 1.27 bits per heavy atom. The topological polar surface area (TPSA) is 25.2 Å². The SMILES string of the molecule is CN(Cc1ccccc1)C(=O)c1cc2cn(C3CC3)cc2s1. The summed E-state index contributed by atoms with van der Waals surface area (Å²) in [7, 11) is 1.87. The molecule has 1 amide bonds. The first kappa shape index (κ1) is 13.6. The number of thiophene rings is 1. The highest BCUT2D eigenvalue weighted by Crippen LogP contribution is 2.38. The van der Waals surface area contributed by atoms with Crippen molar-refractivity contribution in [2.45, 2.75) is 25.4 Å². The molecule has 0 saturated heterocycles. The molecule has 0 spiro atoms. The molecule has 0 aliphatic heterocycles. The van der Waals surface area contributed by atoms with Gasteiger partial charge in [-0.3, -0.25) is 4.79 Å². The molecule has 0 N–H and O–H groups in total. The lowest BCUT2D eigenvalue weighted by molar-refractivity contribution is 0.0790. The van der Waals surface area contributed by atoms with Crippen LogP contribution >= 0.6 is 11.3 Å². The minimum Gasteiger partial charge on any atom is -0.349 e. The van der Waals surface area contributed by atoms with Gasteiger partial charge in [-0.2, -0.15) is 0 Å². The van der Waals surface area contributed by atoms with E-state index < -0.39 is 0 Å². The maximum Gasteiger partial charge on any atom is 0.264 e. The van der Waals surface area contributed by atoms with Gasteiger partial charge in [-0.25, -0.2) is 0 Å². The van der Waals surface area contributed by atoms with E-state index in [1.54, 1.807) is 16.2 Å². The van der Waals surface area contributed by atoms with Gasteiger partial charge in [0.25, 0.3) is 5.91 Å². The van der Waals surface area contributed by atoms with Gasteiger partial charge in [0.1, 0.15) is 0 Å². The van der Waals surface area contributed by atoms with E-state index in [-0.39, 0.29) is 5.91 Å². The highest BCUT2D eigenvalue weighted by atomic mass is 32.1. The van der Waals surface area contributed by atoms with Gasteiger partial charge in [-0.05, 0) is 24.5 Å². The Balaban J connectivity index is 1.52. The highest BCUT2D eigenvalue weighted by molar-refractivity contribution is 7.20. The van der Waals surface area contributed by atoms with Crippen molar-refractivity contribution in [1.29, 1.82) is 0 Å². The minimum atomic E-state index is 0.100. The van der Waals surface area contributed by atoms with Gasteiger partial charge in [-0.15, -0.1) is 11.3 Å². The Labute approximate surface area is 133 Å². The van der Waals surface area contributed by atoms with Crippen LogP contribution in [0.15, 0.2) is 48.8 Å². The molecule has 4 heteroatoms. The lowest BCUT2D eigenvalue weighted by Crippen LogP contribution is -2.25. The molecular weight excluding hydrogens is 292 g/mol. The molecule has 0 unspecified atom stereocenters. The summed E-state index contributed by atoms with van der Waals surface area (Å²) >= 11 is 1.60.